The van der Waals surface area contributed by atoms with Gasteiger partial charge in [-0.15, -0.1) is 4.91 Å². The fourth-order valence-electron chi connectivity index (χ4n) is 0.702. The van der Waals surface area contributed by atoms with Gasteiger partial charge in [0, 0.05) is 0 Å². The lowest BCUT2D eigenvalue weighted by Gasteiger charge is -2.02. The molecule has 0 saturated heterocycles. The van der Waals surface area contributed by atoms with Crippen molar-refractivity contribution < 1.29 is 26.8 Å². The maximum atomic E-state index is 12.5. The number of benzene rings is 1. The van der Waals surface area contributed by atoms with Gasteiger partial charge in [0.1, 0.15) is 0 Å². The van der Waals surface area contributed by atoms with E-state index in [4.69, 9.17) is 0 Å². The van der Waals surface area contributed by atoms with Gasteiger partial charge >= 0.3 is 0 Å². The zero-order valence-electron chi connectivity index (χ0n) is 6.15. The number of hydrogen-bond acceptors (Lipinski definition) is 3. The molecule has 1 aromatic carbocycles. The predicted molar refractivity (Wildman–Crippen MR) is 32.7 cm³/mol. The second kappa shape index (κ2) is 3.56. The van der Waals surface area contributed by atoms with Gasteiger partial charge in [-0.3, -0.25) is 0 Å². The minimum atomic E-state index is -2.33. The predicted octanol–water partition coefficient (Wildman–Crippen LogP) is 2.44. The number of nitrogens with zero attached hydrogens (tertiary/aromatic N) is 1. The van der Waals surface area contributed by atoms with Gasteiger partial charge in [0.05, 0.1) is 0 Å². The third kappa shape index (κ3) is 1.38. The summed E-state index contributed by atoms with van der Waals surface area (Å²) in [4.78, 5) is 12.8. The summed E-state index contributed by atoms with van der Waals surface area (Å²) in [5, 5.41) is 1.55. The van der Waals surface area contributed by atoms with Crippen LogP contribution in [0.15, 0.2) is 5.34 Å². The van der Waals surface area contributed by atoms with E-state index in [1.807, 2.05) is 0 Å². The molecule has 0 spiro atoms. The van der Waals surface area contributed by atoms with E-state index in [0.717, 1.165) is 0 Å². The molecular formula is C6F5NO2. The summed E-state index contributed by atoms with van der Waals surface area (Å²) in [6, 6.07) is 0. The average Bonchev–Trinajstić information content (AvgIpc) is 2.19. The molecular weight excluding hydrogens is 213 g/mol. The fourth-order valence-corrected chi connectivity index (χ4v) is 0.702. The van der Waals surface area contributed by atoms with Crippen molar-refractivity contribution in [3.05, 3.63) is 34.0 Å². The monoisotopic (exact) mass is 213 g/mol. The van der Waals surface area contributed by atoms with Crippen LogP contribution in [-0.2, 0) is 0 Å². The molecule has 0 aliphatic carbocycles. The Hall–Kier alpha value is -1.73. The Bertz CT molecular complexity index is 365. The molecule has 0 aliphatic rings. The Kier molecular flexibility index (Phi) is 2.63. The van der Waals surface area contributed by atoms with Gasteiger partial charge in [-0.1, -0.05) is 0 Å². The van der Waals surface area contributed by atoms with Gasteiger partial charge in [-0.25, -0.2) is 13.2 Å². The van der Waals surface area contributed by atoms with Gasteiger partial charge in [-0.05, 0) is 0 Å². The van der Waals surface area contributed by atoms with Crippen molar-refractivity contribution in [3.8, 4) is 5.75 Å². The highest BCUT2D eigenvalue weighted by molar-refractivity contribution is 5.29. The molecule has 3 nitrogen and oxygen atoms in total. The van der Waals surface area contributed by atoms with Gasteiger partial charge in [0.15, 0.2) is 5.34 Å². The van der Waals surface area contributed by atoms with Crippen molar-refractivity contribution in [3.63, 3.8) is 0 Å². The molecule has 1 rings (SSSR count). The van der Waals surface area contributed by atoms with Crippen LogP contribution in [0, 0.1) is 34.0 Å². The lowest BCUT2D eigenvalue weighted by molar-refractivity contribution is 0.271. The third-order valence-electron chi connectivity index (χ3n) is 1.30. The van der Waals surface area contributed by atoms with Crippen LogP contribution in [0.4, 0.5) is 22.0 Å². The minimum absolute atomic E-state index is 1.55. The maximum Gasteiger partial charge on any atom is 0.238 e. The molecule has 0 heterocycles. The lowest BCUT2D eigenvalue weighted by Crippen LogP contribution is -2.03. The van der Waals surface area contributed by atoms with Crippen LogP contribution in [0.2, 0.25) is 0 Å². The topological polar surface area (TPSA) is 38.7 Å². The maximum absolute atomic E-state index is 12.5. The summed E-state index contributed by atoms with van der Waals surface area (Å²) in [6.45, 7) is 0. The van der Waals surface area contributed by atoms with E-state index in [2.05, 4.69) is 4.84 Å². The molecule has 0 fully saturated rings. The van der Waals surface area contributed by atoms with Gasteiger partial charge < -0.3 is 4.84 Å². The minimum Gasteiger partial charge on any atom is -0.317 e. The smallest absolute Gasteiger partial charge is 0.238 e. The average molecular weight is 213 g/mol. The summed E-state index contributed by atoms with van der Waals surface area (Å²) in [5.74, 6) is -13.0. The highest BCUT2D eigenvalue weighted by Gasteiger charge is 2.27. The highest BCUT2D eigenvalue weighted by Crippen LogP contribution is 2.28. The summed E-state index contributed by atoms with van der Waals surface area (Å²) in [6.07, 6.45) is 0. The molecule has 0 bridgehead atoms. The van der Waals surface area contributed by atoms with Crippen molar-refractivity contribution in [1.82, 2.24) is 0 Å². The molecule has 0 radical (unpaired) electrons. The van der Waals surface area contributed by atoms with E-state index < -0.39 is 34.8 Å². The number of hydrogen-bond donors (Lipinski definition) is 0. The Morgan fingerprint density at radius 1 is 0.786 bits per heavy atom. The summed E-state index contributed by atoms with van der Waals surface area (Å²) < 4.78 is 62.1. The molecule has 8 heteroatoms. The molecule has 0 atom stereocenters. The van der Waals surface area contributed by atoms with Crippen LogP contribution in [0.3, 0.4) is 0 Å². The van der Waals surface area contributed by atoms with Crippen LogP contribution < -0.4 is 4.84 Å². The van der Waals surface area contributed by atoms with Gasteiger partial charge in [-0.2, -0.15) is 8.78 Å². The number of rotatable bonds is 2. The second-order valence-corrected chi connectivity index (χ2v) is 2.06. The van der Waals surface area contributed by atoms with Crippen molar-refractivity contribution in [2.45, 2.75) is 0 Å². The first kappa shape index (κ1) is 10.4. The van der Waals surface area contributed by atoms with Crippen LogP contribution in [0.5, 0.6) is 5.75 Å². The normalized spacial score (nSPS) is 10.1. The fraction of sp³-hybridized carbons (Fsp3) is 0. The first-order valence-electron chi connectivity index (χ1n) is 3.01. The Morgan fingerprint density at radius 3 is 1.50 bits per heavy atom. The summed E-state index contributed by atoms with van der Waals surface area (Å²) >= 11 is 0. The number of halogens is 5. The van der Waals surface area contributed by atoms with E-state index in [1.54, 1.807) is 5.34 Å². The van der Waals surface area contributed by atoms with Crippen molar-refractivity contribution in [1.29, 1.82) is 0 Å². The first-order chi connectivity index (χ1) is 6.50. The van der Waals surface area contributed by atoms with E-state index in [-0.39, 0.29) is 0 Å². The van der Waals surface area contributed by atoms with Crippen LogP contribution in [-0.4, -0.2) is 0 Å². The molecule has 1 aromatic rings. The van der Waals surface area contributed by atoms with Crippen molar-refractivity contribution in [2.75, 3.05) is 0 Å². The molecule has 76 valence electrons. The SMILES string of the molecule is O=NOc1c(F)c(F)c(F)c(F)c1F. The van der Waals surface area contributed by atoms with Crippen molar-refractivity contribution >= 4 is 0 Å². The summed E-state index contributed by atoms with van der Waals surface area (Å²) in [7, 11) is 0. The third-order valence-corrected chi connectivity index (χ3v) is 1.30. The highest BCUT2D eigenvalue weighted by atomic mass is 19.2. The quantitative estimate of drug-likeness (QED) is 0.249. The molecule has 0 saturated carbocycles. The van der Waals surface area contributed by atoms with E-state index in [1.165, 1.54) is 0 Å². The van der Waals surface area contributed by atoms with Gasteiger partial charge in [0.25, 0.3) is 0 Å². The molecule has 0 amide bonds. The van der Waals surface area contributed by atoms with E-state index >= 15 is 0 Å². The Balaban J connectivity index is 3.50. The van der Waals surface area contributed by atoms with Crippen molar-refractivity contribution in [2.24, 2.45) is 5.34 Å². The summed E-state index contributed by atoms with van der Waals surface area (Å²) in [5.41, 5.74) is 0. The first-order valence-corrected chi connectivity index (χ1v) is 3.01. The van der Waals surface area contributed by atoms with E-state index in [0.29, 0.717) is 0 Å². The molecule has 0 unspecified atom stereocenters. The molecule has 14 heavy (non-hydrogen) atoms. The Labute approximate surface area is 73.0 Å². The van der Waals surface area contributed by atoms with Crippen LogP contribution in [0.25, 0.3) is 0 Å². The lowest BCUT2D eigenvalue weighted by atomic mass is 10.3. The second-order valence-electron chi connectivity index (χ2n) is 2.06. The van der Waals surface area contributed by atoms with Crippen LogP contribution in [0.1, 0.15) is 0 Å². The molecule has 0 aromatic heterocycles. The zero-order chi connectivity index (χ0) is 10.9. The Morgan fingerprint density at radius 2 is 1.14 bits per heavy atom. The van der Waals surface area contributed by atoms with Crippen LogP contribution >= 0.6 is 0 Å². The standard InChI is InChI=1S/C6F5NO2/c7-1-2(8)4(10)6(14-12-13)5(11)3(1)9. The largest absolute Gasteiger partial charge is 0.317 e. The van der Waals surface area contributed by atoms with E-state index in [9.17, 15) is 26.9 Å². The molecule has 0 aliphatic heterocycles. The zero-order valence-corrected chi connectivity index (χ0v) is 6.15. The molecule has 0 N–H and O–H groups in total. The van der Waals surface area contributed by atoms with Gasteiger partial charge in [0.2, 0.25) is 34.8 Å².